The van der Waals surface area contributed by atoms with Gasteiger partial charge >= 0.3 is 12.0 Å². The fourth-order valence-electron chi connectivity index (χ4n) is 2.08. The highest BCUT2D eigenvalue weighted by molar-refractivity contribution is 7.98. The van der Waals surface area contributed by atoms with Gasteiger partial charge < -0.3 is 15.3 Å². The van der Waals surface area contributed by atoms with Crippen LogP contribution in [-0.4, -0.2) is 53.1 Å². The van der Waals surface area contributed by atoms with Crippen molar-refractivity contribution in [3.63, 3.8) is 0 Å². The van der Waals surface area contributed by atoms with Crippen molar-refractivity contribution >= 4 is 23.8 Å². The van der Waals surface area contributed by atoms with E-state index in [-0.39, 0.29) is 6.03 Å². The van der Waals surface area contributed by atoms with Crippen LogP contribution in [0.5, 0.6) is 0 Å². The first-order chi connectivity index (χ1) is 8.58. The molecule has 0 bridgehead atoms. The monoisotopic (exact) mass is 274 g/mol. The molecule has 1 aliphatic heterocycles. The van der Waals surface area contributed by atoms with Gasteiger partial charge in [0.1, 0.15) is 6.04 Å². The second-order valence-corrected chi connectivity index (χ2v) is 5.62. The minimum absolute atomic E-state index is 0.237. The van der Waals surface area contributed by atoms with E-state index in [1.807, 2.05) is 6.26 Å². The van der Waals surface area contributed by atoms with E-state index in [4.69, 9.17) is 5.11 Å². The maximum absolute atomic E-state index is 11.9. The zero-order valence-corrected chi connectivity index (χ0v) is 11.8. The summed E-state index contributed by atoms with van der Waals surface area (Å²) in [5, 5.41) is 11.7. The Kier molecular flexibility index (Phi) is 6.32. The number of nitrogens with one attached hydrogen (secondary N) is 1. The van der Waals surface area contributed by atoms with Crippen molar-refractivity contribution in [2.45, 2.75) is 32.2 Å². The molecule has 0 aromatic carbocycles. The topological polar surface area (TPSA) is 69.6 Å². The molecule has 2 amide bonds. The summed E-state index contributed by atoms with van der Waals surface area (Å²) in [7, 11) is 0. The average Bonchev–Trinajstić information content (AvgIpc) is 2.82. The molecule has 5 nitrogen and oxygen atoms in total. The Labute approximate surface area is 112 Å². The lowest BCUT2D eigenvalue weighted by molar-refractivity contribution is -0.139. The van der Waals surface area contributed by atoms with Gasteiger partial charge in [-0.2, -0.15) is 11.8 Å². The average molecular weight is 274 g/mol. The number of carboxylic acid groups (broad SMARTS) is 1. The molecule has 1 aliphatic rings. The van der Waals surface area contributed by atoms with Gasteiger partial charge in [-0.1, -0.05) is 13.3 Å². The van der Waals surface area contributed by atoms with Gasteiger partial charge in [0.2, 0.25) is 0 Å². The first-order valence-corrected chi connectivity index (χ1v) is 7.75. The van der Waals surface area contributed by atoms with Gasteiger partial charge in [-0.05, 0) is 30.8 Å². The Morgan fingerprint density at radius 1 is 1.56 bits per heavy atom. The summed E-state index contributed by atoms with van der Waals surface area (Å²) in [5.41, 5.74) is 0. The summed E-state index contributed by atoms with van der Waals surface area (Å²) in [6.07, 6.45) is 4.48. The van der Waals surface area contributed by atoms with Gasteiger partial charge in [-0.25, -0.2) is 9.59 Å². The molecule has 0 aliphatic carbocycles. The fourth-order valence-corrected chi connectivity index (χ4v) is 2.56. The summed E-state index contributed by atoms with van der Waals surface area (Å²) in [5.74, 6) is 0.336. The molecule has 1 fully saturated rings. The molecule has 104 valence electrons. The molecular formula is C12H22N2O3S. The van der Waals surface area contributed by atoms with Crippen molar-refractivity contribution in [2.75, 3.05) is 25.1 Å². The number of aliphatic carboxylic acids is 1. The number of carbonyl (C=O) groups excluding carboxylic acids is 1. The van der Waals surface area contributed by atoms with Crippen molar-refractivity contribution in [3.8, 4) is 0 Å². The SMILES string of the molecule is CCC1CCN(C(=O)N[C@H](CCSC)C(=O)O)C1. The molecule has 0 aromatic heterocycles. The lowest BCUT2D eigenvalue weighted by Gasteiger charge is -2.20. The summed E-state index contributed by atoms with van der Waals surface area (Å²) in [6, 6.07) is -1.01. The molecule has 0 spiro atoms. The van der Waals surface area contributed by atoms with E-state index in [0.29, 0.717) is 12.3 Å². The zero-order valence-electron chi connectivity index (χ0n) is 11.0. The Morgan fingerprint density at radius 3 is 2.78 bits per heavy atom. The molecule has 0 aromatic rings. The second-order valence-electron chi connectivity index (χ2n) is 4.63. The van der Waals surface area contributed by atoms with Crippen LogP contribution in [-0.2, 0) is 4.79 Å². The van der Waals surface area contributed by atoms with E-state index in [2.05, 4.69) is 12.2 Å². The van der Waals surface area contributed by atoms with Crippen LogP contribution >= 0.6 is 11.8 Å². The van der Waals surface area contributed by atoms with Crippen LogP contribution in [0.4, 0.5) is 4.79 Å². The highest BCUT2D eigenvalue weighted by atomic mass is 32.2. The molecule has 0 radical (unpaired) electrons. The molecule has 2 atom stereocenters. The summed E-state index contributed by atoms with van der Waals surface area (Å²) < 4.78 is 0. The summed E-state index contributed by atoms with van der Waals surface area (Å²) in [6.45, 7) is 3.60. The second kappa shape index (κ2) is 7.51. The van der Waals surface area contributed by atoms with Gasteiger partial charge in [0, 0.05) is 13.1 Å². The molecular weight excluding hydrogens is 252 g/mol. The fraction of sp³-hybridized carbons (Fsp3) is 0.833. The number of nitrogens with zero attached hydrogens (tertiary/aromatic N) is 1. The zero-order chi connectivity index (χ0) is 13.5. The summed E-state index contributed by atoms with van der Waals surface area (Å²) in [4.78, 5) is 24.7. The first kappa shape index (κ1) is 15.1. The standard InChI is InChI=1S/C12H22N2O3S/c1-3-9-4-6-14(8-9)12(17)13-10(11(15)16)5-7-18-2/h9-10H,3-8H2,1-2H3,(H,13,17)(H,15,16)/t9?,10-/m1/s1. The van der Waals surface area contributed by atoms with E-state index in [9.17, 15) is 9.59 Å². The van der Waals surface area contributed by atoms with Crippen molar-refractivity contribution in [3.05, 3.63) is 0 Å². The highest BCUT2D eigenvalue weighted by Gasteiger charge is 2.28. The predicted octanol–water partition coefficient (Wildman–Crippen LogP) is 1.63. The number of urea groups is 1. The Hall–Kier alpha value is -0.910. The molecule has 1 heterocycles. The Balaban J connectivity index is 2.43. The molecule has 6 heteroatoms. The third kappa shape index (κ3) is 4.40. The first-order valence-electron chi connectivity index (χ1n) is 6.35. The molecule has 18 heavy (non-hydrogen) atoms. The Morgan fingerprint density at radius 2 is 2.28 bits per heavy atom. The number of likely N-dealkylation sites (tertiary alicyclic amines) is 1. The lowest BCUT2D eigenvalue weighted by Crippen LogP contribution is -2.47. The maximum atomic E-state index is 11.9. The third-order valence-corrected chi connectivity index (χ3v) is 4.00. The van der Waals surface area contributed by atoms with Gasteiger partial charge in [0.15, 0.2) is 0 Å². The number of carboxylic acids is 1. The quantitative estimate of drug-likeness (QED) is 0.772. The van der Waals surface area contributed by atoms with Crippen LogP contribution in [0.25, 0.3) is 0 Å². The number of thioether (sulfide) groups is 1. The number of hydrogen-bond donors (Lipinski definition) is 2. The van der Waals surface area contributed by atoms with Gasteiger partial charge in [0.05, 0.1) is 0 Å². The minimum Gasteiger partial charge on any atom is -0.480 e. The van der Waals surface area contributed by atoms with Crippen molar-refractivity contribution in [1.29, 1.82) is 0 Å². The van der Waals surface area contributed by atoms with Crippen LogP contribution in [0.3, 0.4) is 0 Å². The predicted molar refractivity (Wildman–Crippen MR) is 72.9 cm³/mol. The van der Waals surface area contributed by atoms with Crippen molar-refractivity contribution in [1.82, 2.24) is 10.2 Å². The van der Waals surface area contributed by atoms with E-state index < -0.39 is 12.0 Å². The van der Waals surface area contributed by atoms with Crippen LogP contribution in [0.15, 0.2) is 0 Å². The van der Waals surface area contributed by atoms with Gasteiger partial charge in [-0.15, -0.1) is 0 Å². The normalized spacial score (nSPS) is 20.8. The van der Waals surface area contributed by atoms with Gasteiger partial charge in [-0.3, -0.25) is 0 Å². The van der Waals surface area contributed by atoms with Gasteiger partial charge in [0.25, 0.3) is 0 Å². The van der Waals surface area contributed by atoms with E-state index >= 15 is 0 Å². The van der Waals surface area contributed by atoms with Crippen LogP contribution in [0, 0.1) is 5.92 Å². The van der Waals surface area contributed by atoms with Crippen LogP contribution in [0.1, 0.15) is 26.2 Å². The lowest BCUT2D eigenvalue weighted by atomic mass is 10.1. The Bertz CT molecular complexity index is 299. The largest absolute Gasteiger partial charge is 0.480 e. The minimum atomic E-state index is -0.955. The van der Waals surface area contributed by atoms with E-state index in [1.165, 1.54) is 0 Å². The van der Waals surface area contributed by atoms with Crippen LogP contribution < -0.4 is 5.32 Å². The molecule has 1 saturated heterocycles. The van der Waals surface area contributed by atoms with Crippen molar-refractivity contribution < 1.29 is 14.7 Å². The third-order valence-electron chi connectivity index (χ3n) is 3.36. The molecule has 0 saturated carbocycles. The van der Waals surface area contributed by atoms with Crippen LogP contribution in [0.2, 0.25) is 0 Å². The summed E-state index contributed by atoms with van der Waals surface area (Å²) >= 11 is 1.58. The smallest absolute Gasteiger partial charge is 0.326 e. The maximum Gasteiger partial charge on any atom is 0.326 e. The molecule has 2 N–H and O–H groups in total. The van der Waals surface area contributed by atoms with Crippen molar-refractivity contribution in [2.24, 2.45) is 5.92 Å². The highest BCUT2D eigenvalue weighted by Crippen LogP contribution is 2.19. The van der Waals surface area contributed by atoms with E-state index in [0.717, 1.165) is 31.7 Å². The number of amides is 2. The number of carbonyl (C=O) groups is 2. The molecule has 1 unspecified atom stereocenters. The van der Waals surface area contributed by atoms with E-state index in [1.54, 1.807) is 16.7 Å². The number of rotatable bonds is 6. The number of hydrogen-bond acceptors (Lipinski definition) is 3. The molecule has 1 rings (SSSR count).